The second-order valence-electron chi connectivity index (χ2n) is 6.42. The zero-order valence-electron chi connectivity index (χ0n) is 15.5. The Hall–Kier alpha value is -1.85. The van der Waals surface area contributed by atoms with Gasteiger partial charge in [-0.1, -0.05) is 42.0 Å². The molecule has 1 amide bonds. The maximum atomic E-state index is 12.4. The quantitative estimate of drug-likeness (QED) is 0.538. The fourth-order valence-electron chi connectivity index (χ4n) is 2.76. The van der Waals surface area contributed by atoms with Crippen molar-refractivity contribution in [3.8, 4) is 0 Å². The number of fused-ring (bicyclic) bond motifs is 1. The van der Waals surface area contributed by atoms with E-state index in [1.807, 2.05) is 0 Å². The highest BCUT2D eigenvalue weighted by Crippen LogP contribution is 2.20. The summed E-state index contributed by atoms with van der Waals surface area (Å²) in [5.74, 6) is 0.709. The van der Waals surface area contributed by atoms with Crippen molar-refractivity contribution in [2.24, 2.45) is 4.99 Å². The van der Waals surface area contributed by atoms with Crippen LogP contribution in [-0.4, -0.2) is 16.2 Å². The van der Waals surface area contributed by atoms with Gasteiger partial charge in [0.1, 0.15) is 0 Å². The van der Waals surface area contributed by atoms with Gasteiger partial charge < -0.3 is 4.57 Å². The van der Waals surface area contributed by atoms with Gasteiger partial charge in [0.2, 0.25) is 5.91 Å². The predicted octanol–water partition coefficient (Wildman–Crippen LogP) is 5.34. The summed E-state index contributed by atoms with van der Waals surface area (Å²) < 4.78 is 3.36. The first-order valence-electron chi connectivity index (χ1n) is 8.94. The first-order chi connectivity index (χ1) is 12.6. The van der Waals surface area contributed by atoms with Crippen LogP contribution < -0.4 is 4.80 Å². The average Bonchev–Trinajstić information content (AvgIpc) is 2.93. The number of carbonyl (C=O) groups is 1. The molecule has 1 aromatic heterocycles. The number of thiazole rings is 1. The molecule has 3 aromatic rings. The van der Waals surface area contributed by atoms with Crippen LogP contribution >= 0.6 is 23.1 Å². The van der Waals surface area contributed by atoms with Crippen LogP contribution in [0.3, 0.4) is 0 Å². The van der Waals surface area contributed by atoms with Crippen molar-refractivity contribution < 1.29 is 4.79 Å². The van der Waals surface area contributed by atoms with Crippen molar-refractivity contribution >= 4 is 39.2 Å². The molecule has 0 fully saturated rings. The van der Waals surface area contributed by atoms with Crippen molar-refractivity contribution in [1.29, 1.82) is 0 Å². The van der Waals surface area contributed by atoms with Gasteiger partial charge in [-0.15, -0.1) is 11.8 Å². The standard InChI is InChI=1S/C21H24N2OS2/c1-4-12-23-18-10-7-16(3)14-19(18)26-21(23)22-20(24)11-13-25-17-8-5-15(2)6-9-17/h5-10,14H,4,11-13H2,1-3H3. The number of aryl methyl sites for hydroxylation is 3. The van der Waals surface area contributed by atoms with Gasteiger partial charge in [-0.05, 0) is 50.1 Å². The Kier molecular flexibility index (Phi) is 6.33. The Balaban J connectivity index is 1.74. The van der Waals surface area contributed by atoms with E-state index < -0.39 is 0 Å². The zero-order valence-corrected chi connectivity index (χ0v) is 17.1. The lowest BCUT2D eigenvalue weighted by molar-refractivity contribution is -0.117. The van der Waals surface area contributed by atoms with Gasteiger partial charge in [0, 0.05) is 23.6 Å². The molecule has 5 heteroatoms. The molecule has 26 heavy (non-hydrogen) atoms. The highest BCUT2D eigenvalue weighted by molar-refractivity contribution is 7.99. The topological polar surface area (TPSA) is 34.4 Å². The van der Waals surface area contributed by atoms with E-state index in [1.165, 1.54) is 26.2 Å². The third kappa shape index (κ3) is 4.65. The summed E-state index contributed by atoms with van der Waals surface area (Å²) >= 11 is 3.31. The SMILES string of the molecule is CCCn1c(=NC(=O)CCSc2ccc(C)cc2)sc2cc(C)ccc21. The number of thioether (sulfide) groups is 1. The molecule has 0 radical (unpaired) electrons. The Bertz CT molecular complexity index is 968. The number of amides is 1. The molecule has 0 aliphatic carbocycles. The Morgan fingerprint density at radius 1 is 1.12 bits per heavy atom. The summed E-state index contributed by atoms with van der Waals surface area (Å²) in [6.45, 7) is 7.20. The van der Waals surface area contributed by atoms with Crippen LogP contribution in [0.25, 0.3) is 10.2 Å². The molecule has 1 heterocycles. The van der Waals surface area contributed by atoms with E-state index >= 15 is 0 Å². The Morgan fingerprint density at radius 3 is 2.58 bits per heavy atom. The molecule has 0 saturated heterocycles. The van der Waals surface area contributed by atoms with E-state index in [2.05, 4.69) is 72.8 Å². The van der Waals surface area contributed by atoms with Crippen molar-refractivity contribution in [2.45, 2.75) is 45.1 Å². The summed E-state index contributed by atoms with van der Waals surface area (Å²) in [5, 5.41) is 0. The molecule has 3 rings (SSSR count). The number of hydrogen-bond acceptors (Lipinski definition) is 3. The molecular formula is C21H24N2OS2. The van der Waals surface area contributed by atoms with Crippen LogP contribution in [0, 0.1) is 13.8 Å². The highest BCUT2D eigenvalue weighted by Gasteiger charge is 2.08. The normalized spacial score (nSPS) is 12.0. The third-order valence-electron chi connectivity index (χ3n) is 4.11. The molecule has 0 spiro atoms. The molecule has 0 atom stereocenters. The van der Waals surface area contributed by atoms with E-state index in [1.54, 1.807) is 23.1 Å². The first kappa shape index (κ1) is 18.9. The molecule has 136 valence electrons. The number of nitrogens with zero attached hydrogens (tertiary/aromatic N) is 2. The van der Waals surface area contributed by atoms with Gasteiger partial charge in [0.25, 0.3) is 0 Å². The fraction of sp³-hybridized carbons (Fsp3) is 0.333. The van der Waals surface area contributed by atoms with Crippen molar-refractivity contribution in [3.63, 3.8) is 0 Å². The number of benzene rings is 2. The summed E-state index contributed by atoms with van der Waals surface area (Å²) in [6.07, 6.45) is 1.47. The second-order valence-corrected chi connectivity index (χ2v) is 8.60. The molecule has 2 aromatic carbocycles. The van der Waals surface area contributed by atoms with Crippen LogP contribution in [0.2, 0.25) is 0 Å². The smallest absolute Gasteiger partial charge is 0.249 e. The van der Waals surface area contributed by atoms with Gasteiger partial charge in [-0.3, -0.25) is 4.79 Å². The summed E-state index contributed by atoms with van der Waals surface area (Å²) in [6, 6.07) is 14.8. The van der Waals surface area contributed by atoms with Gasteiger partial charge >= 0.3 is 0 Å². The minimum Gasteiger partial charge on any atom is -0.316 e. The summed E-state index contributed by atoms with van der Waals surface area (Å²) in [5.41, 5.74) is 3.65. The molecular weight excluding hydrogens is 360 g/mol. The van der Waals surface area contributed by atoms with Gasteiger partial charge in [0.05, 0.1) is 10.2 Å². The Morgan fingerprint density at radius 2 is 1.85 bits per heavy atom. The van der Waals surface area contributed by atoms with Crippen LogP contribution in [0.15, 0.2) is 52.4 Å². The molecule has 0 aliphatic heterocycles. The van der Waals surface area contributed by atoms with E-state index in [0.717, 1.165) is 23.5 Å². The molecule has 3 nitrogen and oxygen atoms in total. The number of aromatic nitrogens is 1. The molecule has 0 N–H and O–H groups in total. The van der Waals surface area contributed by atoms with Crippen molar-refractivity contribution in [1.82, 2.24) is 4.57 Å². The van der Waals surface area contributed by atoms with Crippen LogP contribution in [0.1, 0.15) is 30.9 Å². The fourth-order valence-corrected chi connectivity index (χ4v) is 4.77. The van der Waals surface area contributed by atoms with Crippen molar-refractivity contribution in [3.05, 3.63) is 58.4 Å². The summed E-state index contributed by atoms with van der Waals surface area (Å²) in [4.78, 5) is 18.8. The van der Waals surface area contributed by atoms with E-state index in [-0.39, 0.29) is 5.91 Å². The number of carbonyl (C=O) groups excluding carboxylic acids is 1. The minimum absolute atomic E-state index is 0.0438. The molecule has 0 saturated carbocycles. The number of hydrogen-bond donors (Lipinski definition) is 0. The highest BCUT2D eigenvalue weighted by atomic mass is 32.2. The zero-order chi connectivity index (χ0) is 18.5. The molecule has 0 unspecified atom stereocenters. The number of rotatable bonds is 6. The van der Waals surface area contributed by atoms with E-state index in [4.69, 9.17) is 0 Å². The van der Waals surface area contributed by atoms with Crippen LogP contribution in [-0.2, 0) is 11.3 Å². The van der Waals surface area contributed by atoms with Crippen molar-refractivity contribution in [2.75, 3.05) is 5.75 Å². The maximum absolute atomic E-state index is 12.4. The largest absolute Gasteiger partial charge is 0.316 e. The summed E-state index contributed by atoms with van der Waals surface area (Å²) in [7, 11) is 0. The first-order valence-corrected chi connectivity index (χ1v) is 10.7. The third-order valence-corrected chi connectivity index (χ3v) is 6.17. The minimum atomic E-state index is -0.0438. The monoisotopic (exact) mass is 384 g/mol. The predicted molar refractivity (Wildman–Crippen MR) is 112 cm³/mol. The van der Waals surface area contributed by atoms with Gasteiger partial charge in [0.15, 0.2) is 4.80 Å². The van der Waals surface area contributed by atoms with Crippen LogP contribution in [0.5, 0.6) is 0 Å². The van der Waals surface area contributed by atoms with Gasteiger partial charge in [-0.2, -0.15) is 4.99 Å². The lowest BCUT2D eigenvalue weighted by Crippen LogP contribution is -2.16. The molecule has 0 aliphatic rings. The molecule has 0 bridgehead atoms. The lowest BCUT2D eigenvalue weighted by atomic mass is 10.2. The van der Waals surface area contributed by atoms with Gasteiger partial charge in [-0.25, -0.2) is 0 Å². The second kappa shape index (κ2) is 8.69. The van der Waals surface area contributed by atoms with Crippen LogP contribution in [0.4, 0.5) is 0 Å². The Labute approximate surface area is 162 Å². The average molecular weight is 385 g/mol. The van der Waals surface area contributed by atoms with E-state index in [0.29, 0.717) is 6.42 Å². The lowest BCUT2D eigenvalue weighted by Gasteiger charge is -2.03. The van der Waals surface area contributed by atoms with E-state index in [9.17, 15) is 4.79 Å². The maximum Gasteiger partial charge on any atom is 0.249 e.